The molecular weight excluding hydrogens is 232 g/mol. The summed E-state index contributed by atoms with van der Waals surface area (Å²) in [7, 11) is 0. The highest BCUT2D eigenvalue weighted by Gasteiger charge is 2.01. The summed E-state index contributed by atoms with van der Waals surface area (Å²) in [5, 5.41) is 0. The van der Waals surface area contributed by atoms with Gasteiger partial charge in [0.2, 0.25) is 0 Å². The van der Waals surface area contributed by atoms with Crippen molar-refractivity contribution in [1.29, 1.82) is 0 Å². The lowest BCUT2D eigenvalue weighted by Crippen LogP contribution is -1.91. The molecule has 0 saturated heterocycles. The van der Waals surface area contributed by atoms with Gasteiger partial charge in [-0.15, -0.1) is 0 Å². The summed E-state index contributed by atoms with van der Waals surface area (Å²) in [5.41, 5.74) is 6.05. The topological polar surface area (TPSA) is 17.1 Å². The minimum absolute atomic E-state index is 0.636. The van der Waals surface area contributed by atoms with Crippen LogP contribution in [0.1, 0.15) is 38.2 Å². The van der Waals surface area contributed by atoms with Crippen molar-refractivity contribution in [2.24, 2.45) is 0 Å². The smallest absolute Gasteiger partial charge is 0.151 e. The Morgan fingerprint density at radius 2 is 1.58 bits per heavy atom. The summed E-state index contributed by atoms with van der Waals surface area (Å²) in [5.74, 6) is 6.29. The minimum Gasteiger partial charge on any atom is -0.298 e. The lowest BCUT2D eigenvalue weighted by molar-refractivity contribution is 0.112. The van der Waals surface area contributed by atoms with Crippen molar-refractivity contribution in [1.82, 2.24) is 0 Å². The molecule has 0 heterocycles. The zero-order chi connectivity index (χ0) is 13.8. The van der Waals surface area contributed by atoms with Gasteiger partial charge in [0.25, 0.3) is 0 Å². The lowest BCUT2D eigenvalue weighted by Gasteiger charge is -2.04. The first kappa shape index (κ1) is 13.1. The molecule has 0 amide bonds. The lowest BCUT2D eigenvalue weighted by atomic mass is 9.99. The van der Waals surface area contributed by atoms with Crippen LogP contribution in [0.15, 0.2) is 36.4 Å². The van der Waals surface area contributed by atoms with E-state index in [0.29, 0.717) is 5.56 Å². The average Bonchev–Trinajstić information content (AvgIpc) is 2.38. The summed E-state index contributed by atoms with van der Waals surface area (Å²) < 4.78 is 0. The third-order valence-corrected chi connectivity index (χ3v) is 3.09. The highest BCUT2D eigenvalue weighted by Crippen LogP contribution is 2.15. The Kier molecular flexibility index (Phi) is 3.82. The van der Waals surface area contributed by atoms with E-state index in [4.69, 9.17) is 0 Å². The number of carbonyl (C=O) groups excluding carboxylic acids is 1. The molecule has 0 aliphatic carbocycles. The van der Waals surface area contributed by atoms with E-state index < -0.39 is 0 Å². The third-order valence-electron chi connectivity index (χ3n) is 3.09. The van der Waals surface area contributed by atoms with E-state index in [1.165, 1.54) is 16.7 Å². The zero-order valence-electron chi connectivity index (χ0n) is 11.4. The molecule has 2 rings (SSSR count). The fourth-order valence-electron chi connectivity index (χ4n) is 2.22. The van der Waals surface area contributed by atoms with Crippen molar-refractivity contribution in [2.75, 3.05) is 0 Å². The Morgan fingerprint density at radius 3 is 2.21 bits per heavy atom. The van der Waals surface area contributed by atoms with Gasteiger partial charge in [-0.2, -0.15) is 0 Å². The second kappa shape index (κ2) is 5.54. The van der Waals surface area contributed by atoms with E-state index >= 15 is 0 Å². The molecule has 0 aliphatic heterocycles. The molecule has 1 heteroatoms. The highest BCUT2D eigenvalue weighted by atomic mass is 16.1. The van der Waals surface area contributed by atoms with Crippen LogP contribution in [0.2, 0.25) is 0 Å². The molecule has 0 radical (unpaired) electrons. The molecule has 0 aromatic heterocycles. The van der Waals surface area contributed by atoms with E-state index in [2.05, 4.69) is 44.7 Å². The van der Waals surface area contributed by atoms with E-state index in [9.17, 15) is 4.79 Å². The maximum Gasteiger partial charge on any atom is 0.151 e. The van der Waals surface area contributed by atoms with Crippen molar-refractivity contribution in [3.63, 3.8) is 0 Å². The summed E-state index contributed by atoms with van der Waals surface area (Å²) in [6.45, 7) is 6.21. The second-order valence-electron chi connectivity index (χ2n) is 4.73. The summed E-state index contributed by atoms with van der Waals surface area (Å²) >= 11 is 0. The van der Waals surface area contributed by atoms with Crippen molar-refractivity contribution < 1.29 is 4.79 Å². The molecule has 1 nitrogen and oxygen atoms in total. The Balaban J connectivity index is 2.48. The first-order valence-corrected chi connectivity index (χ1v) is 6.26. The standard InChI is InChI=1S/C18H16O/c1-13-10-14(2)18(15(3)11-13)9-8-16-6-4-5-7-17(16)12-19/h4-7,10-12H,1-3H3. The molecule has 0 saturated carbocycles. The Hall–Kier alpha value is -2.33. The van der Waals surface area contributed by atoms with Gasteiger partial charge in [-0.3, -0.25) is 4.79 Å². The van der Waals surface area contributed by atoms with Crippen molar-refractivity contribution >= 4 is 6.29 Å². The maximum atomic E-state index is 10.9. The second-order valence-corrected chi connectivity index (χ2v) is 4.73. The van der Waals surface area contributed by atoms with Crippen molar-refractivity contribution in [3.05, 3.63) is 69.8 Å². The quantitative estimate of drug-likeness (QED) is 0.554. The molecule has 0 N–H and O–H groups in total. The molecule has 0 aliphatic rings. The molecule has 2 aromatic rings. The number of hydrogen-bond acceptors (Lipinski definition) is 1. The fourth-order valence-corrected chi connectivity index (χ4v) is 2.22. The van der Waals surface area contributed by atoms with Crippen LogP contribution in [-0.4, -0.2) is 6.29 Å². The predicted octanol–water partition coefficient (Wildman–Crippen LogP) is 3.82. The highest BCUT2D eigenvalue weighted by molar-refractivity contribution is 5.79. The number of rotatable bonds is 1. The van der Waals surface area contributed by atoms with Gasteiger partial charge in [-0.1, -0.05) is 47.7 Å². The Labute approximate surface area is 114 Å². The maximum absolute atomic E-state index is 10.9. The molecule has 0 spiro atoms. The van der Waals surface area contributed by atoms with Crippen molar-refractivity contribution in [2.45, 2.75) is 20.8 Å². The summed E-state index contributed by atoms with van der Waals surface area (Å²) in [6.07, 6.45) is 0.846. The average molecular weight is 248 g/mol. The van der Waals surface area contributed by atoms with Crippen LogP contribution in [0.25, 0.3) is 0 Å². The van der Waals surface area contributed by atoms with Gasteiger partial charge >= 0.3 is 0 Å². The Morgan fingerprint density at radius 1 is 0.947 bits per heavy atom. The normalized spacial score (nSPS) is 9.63. The van der Waals surface area contributed by atoms with Gasteiger partial charge in [0.05, 0.1) is 0 Å². The van der Waals surface area contributed by atoms with Gasteiger partial charge in [-0.25, -0.2) is 0 Å². The SMILES string of the molecule is Cc1cc(C)c(C#Cc2ccccc2C=O)c(C)c1. The van der Waals surface area contributed by atoms with Crippen LogP contribution in [0.4, 0.5) is 0 Å². The van der Waals surface area contributed by atoms with Crippen LogP contribution in [0.3, 0.4) is 0 Å². The predicted molar refractivity (Wildman–Crippen MR) is 78.5 cm³/mol. The van der Waals surface area contributed by atoms with Gasteiger partial charge in [0, 0.05) is 16.7 Å². The fraction of sp³-hybridized carbons (Fsp3) is 0.167. The number of aryl methyl sites for hydroxylation is 3. The number of benzene rings is 2. The van der Waals surface area contributed by atoms with Gasteiger partial charge in [-0.05, 0) is 38.0 Å². The number of hydrogen-bond donors (Lipinski definition) is 0. The summed E-state index contributed by atoms with van der Waals surface area (Å²) in [6, 6.07) is 11.6. The summed E-state index contributed by atoms with van der Waals surface area (Å²) in [4.78, 5) is 10.9. The molecule has 2 aromatic carbocycles. The molecule has 19 heavy (non-hydrogen) atoms. The van der Waals surface area contributed by atoms with Gasteiger partial charge in [0.1, 0.15) is 0 Å². The van der Waals surface area contributed by atoms with E-state index in [1.807, 2.05) is 18.2 Å². The molecule has 94 valence electrons. The van der Waals surface area contributed by atoms with Crippen LogP contribution in [0.5, 0.6) is 0 Å². The van der Waals surface area contributed by atoms with Gasteiger partial charge in [0.15, 0.2) is 6.29 Å². The Bertz CT molecular complexity index is 661. The largest absolute Gasteiger partial charge is 0.298 e. The molecular formula is C18H16O. The number of aldehydes is 1. The first-order chi connectivity index (χ1) is 9.11. The first-order valence-electron chi connectivity index (χ1n) is 6.26. The van der Waals surface area contributed by atoms with E-state index in [1.54, 1.807) is 6.07 Å². The monoisotopic (exact) mass is 248 g/mol. The zero-order valence-corrected chi connectivity index (χ0v) is 11.4. The number of carbonyl (C=O) groups is 1. The van der Waals surface area contributed by atoms with Crippen LogP contribution in [-0.2, 0) is 0 Å². The van der Waals surface area contributed by atoms with E-state index in [-0.39, 0.29) is 0 Å². The van der Waals surface area contributed by atoms with Crippen molar-refractivity contribution in [3.8, 4) is 11.8 Å². The van der Waals surface area contributed by atoms with Gasteiger partial charge < -0.3 is 0 Å². The molecule has 0 bridgehead atoms. The molecule has 0 fully saturated rings. The van der Waals surface area contributed by atoms with Crippen LogP contribution >= 0.6 is 0 Å². The molecule has 0 atom stereocenters. The third kappa shape index (κ3) is 2.92. The minimum atomic E-state index is 0.636. The van der Waals surface area contributed by atoms with E-state index in [0.717, 1.165) is 17.4 Å². The molecule has 0 unspecified atom stereocenters. The van der Waals surface area contributed by atoms with Crippen LogP contribution < -0.4 is 0 Å². The van der Waals surface area contributed by atoms with Crippen LogP contribution in [0, 0.1) is 32.6 Å².